The highest BCUT2D eigenvalue weighted by Gasteiger charge is 2.19. The van der Waals surface area contributed by atoms with E-state index >= 15 is 0 Å². The number of aromatic nitrogens is 1. The van der Waals surface area contributed by atoms with Crippen LogP contribution in [0.2, 0.25) is 5.02 Å². The smallest absolute Gasteiger partial charge is 0.252 e. The van der Waals surface area contributed by atoms with Gasteiger partial charge in [-0.05, 0) is 26.0 Å². The van der Waals surface area contributed by atoms with Crippen LogP contribution in [0.1, 0.15) is 36.0 Å². The summed E-state index contributed by atoms with van der Waals surface area (Å²) in [5.41, 5.74) is 5.95. The van der Waals surface area contributed by atoms with Crippen LogP contribution in [0.5, 0.6) is 0 Å². The van der Waals surface area contributed by atoms with Gasteiger partial charge in [0.2, 0.25) is 0 Å². The van der Waals surface area contributed by atoms with Gasteiger partial charge < -0.3 is 16.0 Å². The Balaban J connectivity index is 1.78. The Morgan fingerprint density at radius 3 is 2.90 bits per heavy atom. The molecule has 0 aliphatic heterocycles. The number of rotatable bonds is 5. The van der Waals surface area contributed by atoms with Crippen LogP contribution < -0.4 is 11.1 Å². The molecule has 1 saturated carbocycles. The van der Waals surface area contributed by atoms with Crippen LogP contribution >= 0.6 is 11.6 Å². The lowest BCUT2D eigenvalue weighted by Crippen LogP contribution is -2.37. The molecule has 0 aromatic carbocycles. The first-order chi connectivity index (χ1) is 9.58. The van der Waals surface area contributed by atoms with Crippen LogP contribution in [-0.2, 0) is 0 Å². The molecule has 0 atom stereocenters. The molecule has 20 heavy (non-hydrogen) atoms. The average molecular weight is 297 g/mol. The highest BCUT2D eigenvalue weighted by atomic mass is 35.5. The molecule has 6 heteroatoms. The molecule has 1 heterocycles. The highest BCUT2D eigenvalue weighted by Crippen LogP contribution is 2.21. The molecule has 0 spiro atoms. The van der Waals surface area contributed by atoms with Crippen LogP contribution in [0.3, 0.4) is 0 Å². The molecule has 2 rings (SSSR count). The second kappa shape index (κ2) is 6.90. The van der Waals surface area contributed by atoms with Crippen molar-refractivity contribution in [2.45, 2.75) is 31.7 Å². The third-order valence-corrected chi connectivity index (χ3v) is 4.13. The molecular formula is C14H21ClN4O. The Morgan fingerprint density at radius 2 is 2.25 bits per heavy atom. The first-order valence-corrected chi connectivity index (χ1v) is 7.35. The van der Waals surface area contributed by atoms with Crippen molar-refractivity contribution in [3.63, 3.8) is 0 Å². The first kappa shape index (κ1) is 15.1. The van der Waals surface area contributed by atoms with Crippen LogP contribution in [0, 0.1) is 0 Å². The number of carbonyl (C=O) groups excluding carboxylic acids is 1. The summed E-state index contributed by atoms with van der Waals surface area (Å²) < 4.78 is 0. The van der Waals surface area contributed by atoms with Gasteiger partial charge in [0.25, 0.3) is 5.91 Å². The quantitative estimate of drug-likeness (QED) is 0.871. The second-order valence-electron chi connectivity index (χ2n) is 5.27. The Bertz CT molecular complexity index is 474. The number of nitrogens with zero attached hydrogens (tertiary/aromatic N) is 2. The maximum absolute atomic E-state index is 11.9. The third-order valence-electron chi connectivity index (χ3n) is 3.83. The summed E-state index contributed by atoms with van der Waals surface area (Å²) in [4.78, 5) is 18.1. The van der Waals surface area contributed by atoms with E-state index in [0.29, 0.717) is 23.2 Å². The number of anilines is 1. The minimum Gasteiger partial charge on any atom is -0.382 e. The van der Waals surface area contributed by atoms with Gasteiger partial charge in [-0.2, -0.15) is 0 Å². The summed E-state index contributed by atoms with van der Waals surface area (Å²) in [7, 11) is 2.11. The van der Waals surface area contributed by atoms with Gasteiger partial charge in [-0.25, -0.2) is 4.98 Å². The van der Waals surface area contributed by atoms with Crippen molar-refractivity contribution in [3.05, 3.63) is 22.8 Å². The standard InChI is InChI=1S/C14H21ClN4O/c1-19(11-4-2-3-5-11)7-6-17-14(20)10-8-12(15)13(16)18-9-10/h8-9,11H,2-7H2,1H3,(H2,16,18)(H,17,20). The lowest BCUT2D eigenvalue weighted by Gasteiger charge is -2.23. The van der Waals surface area contributed by atoms with Crippen LogP contribution in [-0.4, -0.2) is 42.0 Å². The lowest BCUT2D eigenvalue weighted by atomic mass is 10.2. The molecule has 1 fully saturated rings. The zero-order valence-corrected chi connectivity index (χ0v) is 12.5. The summed E-state index contributed by atoms with van der Waals surface area (Å²) in [6.45, 7) is 1.47. The van der Waals surface area contributed by atoms with Crippen LogP contribution in [0.25, 0.3) is 0 Å². The normalized spacial score (nSPS) is 15.8. The number of nitrogens with one attached hydrogen (secondary N) is 1. The van der Waals surface area contributed by atoms with E-state index in [-0.39, 0.29) is 11.7 Å². The highest BCUT2D eigenvalue weighted by molar-refractivity contribution is 6.33. The number of amides is 1. The Hall–Kier alpha value is -1.33. The van der Waals surface area contributed by atoms with E-state index in [2.05, 4.69) is 22.2 Å². The molecule has 3 N–H and O–H groups in total. The van der Waals surface area contributed by atoms with Crippen molar-refractivity contribution in [1.82, 2.24) is 15.2 Å². The van der Waals surface area contributed by atoms with Gasteiger partial charge in [0.1, 0.15) is 5.82 Å². The number of halogens is 1. The predicted octanol–water partition coefficient (Wildman–Crippen LogP) is 1.92. The number of nitrogen functional groups attached to an aromatic ring is 1. The van der Waals surface area contributed by atoms with Crippen molar-refractivity contribution in [2.24, 2.45) is 0 Å². The molecule has 1 amide bonds. The second-order valence-corrected chi connectivity index (χ2v) is 5.67. The Morgan fingerprint density at radius 1 is 1.55 bits per heavy atom. The van der Waals surface area contributed by atoms with E-state index in [1.165, 1.54) is 31.9 Å². The van der Waals surface area contributed by atoms with Gasteiger partial charge in [-0.15, -0.1) is 0 Å². The van der Waals surface area contributed by atoms with Crippen molar-refractivity contribution >= 4 is 23.3 Å². The molecule has 5 nitrogen and oxygen atoms in total. The van der Waals surface area contributed by atoms with Gasteiger partial charge in [-0.3, -0.25) is 4.79 Å². The molecule has 110 valence electrons. The molecule has 0 unspecified atom stereocenters. The van der Waals surface area contributed by atoms with Gasteiger partial charge in [-0.1, -0.05) is 24.4 Å². The zero-order chi connectivity index (χ0) is 14.5. The van der Waals surface area contributed by atoms with Crippen molar-refractivity contribution in [1.29, 1.82) is 0 Å². The fraction of sp³-hybridized carbons (Fsp3) is 0.571. The van der Waals surface area contributed by atoms with Gasteiger partial charge in [0.15, 0.2) is 0 Å². The molecule has 1 aliphatic rings. The summed E-state index contributed by atoms with van der Waals surface area (Å²) >= 11 is 5.85. The van der Waals surface area contributed by atoms with Gasteiger partial charge >= 0.3 is 0 Å². The van der Waals surface area contributed by atoms with Crippen LogP contribution in [0.15, 0.2) is 12.3 Å². The van der Waals surface area contributed by atoms with E-state index in [1.807, 2.05) is 0 Å². The summed E-state index contributed by atoms with van der Waals surface area (Å²) in [6.07, 6.45) is 6.61. The van der Waals surface area contributed by atoms with Crippen LogP contribution in [0.4, 0.5) is 5.82 Å². The third kappa shape index (κ3) is 3.84. The summed E-state index contributed by atoms with van der Waals surface area (Å²) in [5, 5.41) is 3.19. The van der Waals surface area contributed by atoms with Crippen molar-refractivity contribution < 1.29 is 4.79 Å². The SMILES string of the molecule is CN(CCNC(=O)c1cnc(N)c(Cl)c1)C1CCCC1. The topological polar surface area (TPSA) is 71.2 Å². The number of carbonyl (C=O) groups is 1. The van der Waals surface area contributed by atoms with E-state index in [0.717, 1.165) is 6.54 Å². The van der Waals surface area contributed by atoms with E-state index in [9.17, 15) is 4.79 Å². The predicted molar refractivity (Wildman–Crippen MR) is 80.9 cm³/mol. The number of nitrogens with two attached hydrogens (primary N) is 1. The fourth-order valence-corrected chi connectivity index (χ4v) is 2.71. The average Bonchev–Trinajstić information content (AvgIpc) is 2.95. The molecule has 0 radical (unpaired) electrons. The number of hydrogen-bond acceptors (Lipinski definition) is 4. The van der Waals surface area contributed by atoms with E-state index in [1.54, 1.807) is 6.07 Å². The van der Waals surface area contributed by atoms with Gasteiger partial charge in [0.05, 0.1) is 10.6 Å². The largest absolute Gasteiger partial charge is 0.382 e. The maximum Gasteiger partial charge on any atom is 0.252 e. The number of hydrogen-bond donors (Lipinski definition) is 2. The lowest BCUT2D eigenvalue weighted by molar-refractivity contribution is 0.0947. The molecule has 1 aliphatic carbocycles. The van der Waals surface area contributed by atoms with E-state index < -0.39 is 0 Å². The minimum atomic E-state index is -0.167. The molecule has 0 saturated heterocycles. The summed E-state index contributed by atoms with van der Waals surface area (Å²) in [6, 6.07) is 2.21. The Kier molecular flexibility index (Phi) is 5.20. The monoisotopic (exact) mass is 296 g/mol. The van der Waals surface area contributed by atoms with Gasteiger partial charge in [0, 0.05) is 25.3 Å². The fourth-order valence-electron chi connectivity index (χ4n) is 2.55. The maximum atomic E-state index is 11.9. The van der Waals surface area contributed by atoms with Crippen molar-refractivity contribution in [2.75, 3.05) is 25.9 Å². The molecule has 1 aromatic heterocycles. The van der Waals surface area contributed by atoms with E-state index in [4.69, 9.17) is 17.3 Å². The Labute approximate surface area is 124 Å². The minimum absolute atomic E-state index is 0.167. The number of pyridine rings is 1. The molecule has 1 aromatic rings. The number of likely N-dealkylation sites (N-methyl/N-ethyl adjacent to an activating group) is 1. The molecule has 0 bridgehead atoms. The van der Waals surface area contributed by atoms with Crippen molar-refractivity contribution in [3.8, 4) is 0 Å². The zero-order valence-electron chi connectivity index (χ0n) is 11.7. The molecular weight excluding hydrogens is 276 g/mol. The summed E-state index contributed by atoms with van der Waals surface area (Å²) in [5.74, 6) is 0.0726. The first-order valence-electron chi connectivity index (χ1n) is 6.97.